The Morgan fingerprint density at radius 1 is 1.53 bits per heavy atom. The molecular formula is C11H12ClN3OS. The zero-order valence-corrected chi connectivity index (χ0v) is 11.1. The molecule has 0 bridgehead atoms. The average Bonchev–Trinajstić information content (AvgIpc) is 2.61. The lowest BCUT2D eigenvalue weighted by Gasteiger charge is -2.04. The van der Waals surface area contributed by atoms with Crippen molar-refractivity contribution in [2.45, 2.75) is 20.4 Å². The molecule has 2 aromatic heterocycles. The van der Waals surface area contributed by atoms with Crippen molar-refractivity contribution in [3.63, 3.8) is 0 Å². The Bertz CT molecular complexity index is 571. The number of thiophene rings is 1. The second kappa shape index (κ2) is 4.89. The van der Waals surface area contributed by atoms with Gasteiger partial charge in [0.1, 0.15) is 5.02 Å². The summed E-state index contributed by atoms with van der Waals surface area (Å²) in [4.78, 5) is 20.1. The van der Waals surface area contributed by atoms with Crippen LogP contribution in [0.4, 0.5) is 5.82 Å². The Morgan fingerprint density at radius 2 is 2.29 bits per heavy atom. The minimum atomic E-state index is -0.331. The van der Waals surface area contributed by atoms with Gasteiger partial charge in [0.05, 0.1) is 12.9 Å². The third-order valence-electron chi connectivity index (χ3n) is 2.44. The molecule has 2 rings (SSSR count). The zero-order valence-electron chi connectivity index (χ0n) is 9.50. The molecule has 2 heterocycles. The van der Waals surface area contributed by atoms with E-state index in [-0.39, 0.29) is 10.6 Å². The molecule has 0 aromatic carbocycles. The van der Waals surface area contributed by atoms with Gasteiger partial charge in [-0.05, 0) is 25.5 Å². The monoisotopic (exact) mass is 269 g/mol. The number of aryl methyl sites for hydroxylation is 2. The van der Waals surface area contributed by atoms with Crippen LogP contribution in [0.1, 0.15) is 15.3 Å². The number of nitrogens with one attached hydrogen (secondary N) is 2. The van der Waals surface area contributed by atoms with Crippen LogP contribution in [0, 0.1) is 13.8 Å². The maximum Gasteiger partial charge on any atom is 0.271 e. The number of halogens is 1. The number of H-pyrrole nitrogens is 1. The fourth-order valence-corrected chi connectivity index (χ4v) is 2.58. The maximum absolute atomic E-state index is 11.2. The zero-order chi connectivity index (χ0) is 12.4. The molecule has 6 heteroatoms. The van der Waals surface area contributed by atoms with Gasteiger partial charge >= 0.3 is 0 Å². The van der Waals surface area contributed by atoms with E-state index in [9.17, 15) is 4.79 Å². The van der Waals surface area contributed by atoms with Gasteiger partial charge in [0, 0.05) is 9.75 Å². The Balaban J connectivity index is 2.12. The molecule has 17 heavy (non-hydrogen) atoms. The Kier molecular flexibility index (Phi) is 3.49. The van der Waals surface area contributed by atoms with Crippen LogP contribution in [0.2, 0.25) is 5.02 Å². The molecule has 4 nitrogen and oxygen atoms in total. The van der Waals surface area contributed by atoms with Gasteiger partial charge in [-0.3, -0.25) is 4.79 Å². The van der Waals surface area contributed by atoms with Gasteiger partial charge in [-0.1, -0.05) is 11.6 Å². The lowest BCUT2D eigenvalue weighted by molar-refractivity contribution is 1.07. The molecular weight excluding hydrogens is 258 g/mol. The first kappa shape index (κ1) is 12.1. The summed E-state index contributed by atoms with van der Waals surface area (Å²) in [5.41, 5.74) is 0.944. The lowest BCUT2D eigenvalue weighted by Crippen LogP contribution is -2.11. The minimum absolute atomic E-state index is 0.0949. The summed E-state index contributed by atoms with van der Waals surface area (Å²) in [5.74, 6) is 0.416. The van der Waals surface area contributed by atoms with Crippen molar-refractivity contribution in [3.05, 3.63) is 43.1 Å². The molecule has 0 radical (unpaired) electrons. The fraction of sp³-hybridized carbons (Fsp3) is 0.273. The van der Waals surface area contributed by atoms with Crippen molar-refractivity contribution in [1.82, 2.24) is 9.97 Å². The number of aromatic amines is 1. The van der Waals surface area contributed by atoms with Crippen LogP contribution in [-0.4, -0.2) is 9.97 Å². The standard InChI is InChI=1S/C11H12ClN3OS/c1-6-3-8(17-7(6)2)4-13-10-9(12)11(16)15-5-14-10/h3,5H,4H2,1-2H3,(H2,13,14,15,16). The van der Waals surface area contributed by atoms with E-state index in [1.807, 2.05) is 0 Å². The van der Waals surface area contributed by atoms with Crippen molar-refractivity contribution < 1.29 is 0 Å². The van der Waals surface area contributed by atoms with E-state index in [4.69, 9.17) is 11.6 Å². The van der Waals surface area contributed by atoms with Crippen molar-refractivity contribution in [2.24, 2.45) is 0 Å². The summed E-state index contributed by atoms with van der Waals surface area (Å²) in [5, 5.41) is 3.15. The molecule has 2 aromatic rings. The summed E-state index contributed by atoms with van der Waals surface area (Å²) < 4.78 is 0. The number of hydrogen-bond donors (Lipinski definition) is 2. The van der Waals surface area contributed by atoms with Crippen LogP contribution in [0.15, 0.2) is 17.2 Å². The van der Waals surface area contributed by atoms with Crippen LogP contribution in [0.25, 0.3) is 0 Å². The van der Waals surface area contributed by atoms with Crippen LogP contribution in [-0.2, 0) is 6.54 Å². The SMILES string of the molecule is Cc1cc(CNc2nc[nH]c(=O)c2Cl)sc1C. The Labute approximate surface area is 108 Å². The summed E-state index contributed by atoms with van der Waals surface area (Å²) in [6, 6.07) is 2.12. The smallest absolute Gasteiger partial charge is 0.271 e. The summed E-state index contributed by atoms with van der Waals surface area (Å²) in [7, 11) is 0. The number of hydrogen-bond acceptors (Lipinski definition) is 4. The van der Waals surface area contributed by atoms with Crippen molar-refractivity contribution >= 4 is 28.8 Å². The summed E-state index contributed by atoms with van der Waals surface area (Å²) in [6.45, 7) is 4.78. The van der Waals surface area contributed by atoms with Gasteiger partial charge in [0.15, 0.2) is 5.82 Å². The topological polar surface area (TPSA) is 57.8 Å². The highest BCUT2D eigenvalue weighted by molar-refractivity contribution is 7.12. The van der Waals surface area contributed by atoms with E-state index < -0.39 is 0 Å². The van der Waals surface area contributed by atoms with Gasteiger partial charge in [0.2, 0.25) is 0 Å². The van der Waals surface area contributed by atoms with E-state index in [0.29, 0.717) is 12.4 Å². The predicted molar refractivity (Wildman–Crippen MR) is 71.0 cm³/mol. The summed E-state index contributed by atoms with van der Waals surface area (Å²) >= 11 is 7.55. The molecule has 0 spiro atoms. The Hall–Kier alpha value is -1.33. The van der Waals surface area contributed by atoms with Crippen LogP contribution >= 0.6 is 22.9 Å². The highest BCUT2D eigenvalue weighted by Crippen LogP contribution is 2.22. The van der Waals surface area contributed by atoms with Crippen molar-refractivity contribution in [3.8, 4) is 0 Å². The van der Waals surface area contributed by atoms with Gasteiger partial charge < -0.3 is 10.3 Å². The predicted octanol–water partition coefficient (Wildman–Crippen LogP) is 2.71. The number of rotatable bonds is 3. The molecule has 2 N–H and O–H groups in total. The fourth-order valence-electron chi connectivity index (χ4n) is 1.41. The second-order valence-corrected chi connectivity index (χ2v) is 5.42. The third kappa shape index (κ3) is 2.68. The van der Waals surface area contributed by atoms with E-state index >= 15 is 0 Å². The quantitative estimate of drug-likeness (QED) is 0.901. The number of nitrogens with zero attached hydrogens (tertiary/aromatic N) is 1. The molecule has 90 valence electrons. The highest BCUT2D eigenvalue weighted by Gasteiger charge is 2.06. The van der Waals surface area contributed by atoms with Crippen LogP contribution < -0.4 is 10.9 Å². The maximum atomic E-state index is 11.2. The largest absolute Gasteiger partial charge is 0.364 e. The van der Waals surface area contributed by atoms with Gasteiger partial charge in [0.25, 0.3) is 5.56 Å². The van der Waals surface area contributed by atoms with E-state index in [0.717, 1.165) is 0 Å². The van der Waals surface area contributed by atoms with Gasteiger partial charge in [-0.25, -0.2) is 4.98 Å². The van der Waals surface area contributed by atoms with Crippen LogP contribution in [0.5, 0.6) is 0 Å². The second-order valence-electron chi connectivity index (χ2n) is 3.70. The minimum Gasteiger partial charge on any atom is -0.364 e. The normalized spacial score (nSPS) is 10.5. The van der Waals surface area contributed by atoms with Crippen molar-refractivity contribution in [1.29, 1.82) is 0 Å². The molecule has 0 saturated heterocycles. The third-order valence-corrected chi connectivity index (χ3v) is 3.95. The first-order valence-electron chi connectivity index (χ1n) is 5.11. The van der Waals surface area contributed by atoms with Gasteiger partial charge in [-0.2, -0.15) is 0 Å². The molecule has 0 aliphatic carbocycles. The first-order chi connectivity index (χ1) is 8.08. The molecule has 0 saturated carbocycles. The molecule has 0 amide bonds. The van der Waals surface area contributed by atoms with E-state index in [1.54, 1.807) is 11.3 Å². The summed E-state index contributed by atoms with van der Waals surface area (Å²) in [6.07, 6.45) is 1.33. The highest BCUT2D eigenvalue weighted by atomic mass is 35.5. The molecule has 0 unspecified atom stereocenters. The van der Waals surface area contributed by atoms with Crippen molar-refractivity contribution in [2.75, 3.05) is 5.32 Å². The Morgan fingerprint density at radius 3 is 2.94 bits per heavy atom. The lowest BCUT2D eigenvalue weighted by atomic mass is 10.3. The van der Waals surface area contributed by atoms with Gasteiger partial charge in [-0.15, -0.1) is 11.3 Å². The molecule has 0 fully saturated rings. The van der Waals surface area contributed by atoms with E-state index in [2.05, 4.69) is 35.2 Å². The van der Waals surface area contributed by atoms with Crippen LogP contribution in [0.3, 0.4) is 0 Å². The molecule has 0 aliphatic heterocycles. The molecule has 0 atom stereocenters. The van der Waals surface area contributed by atoms with E-state index in [1.165, 1.54) is 21.6 Å². The average molecular weight is 270 g/mol. The molecule has 0 aliphatic rings. The number of aromatic nitrogens is 2. The number of anilines is 1. The first-order valence-corrected chi connectivity index (χ1v) is 6.30.